The molecule has 4 heteroatoms. The fraction of sp³-hybridized carbons (Fsp3) is 0.611. The van der Waals surface area contributed by atoms with Gasteiger partial charge in [0, 0.05) is 27.5 Å². The van der Waals surface area contributed by atoms with Gasteiger partial charge in [0.25, 0.3) is 0 Å². The number of ether oxygens (including phenoxy) is 2. The maximum Gasteiger partial charge on any atom is 0.174 e. The largest absolute Gasteiger partial charge is 0.493 e. The minimum absolute atomic E-state index is 0.0317. The summed E-state index contributed by atoms with van der Waals surface area (Å²) in [5.41, 5.74) is -1.02. The van der Waals surface area contributed by atoms with Gasteiger partial charge in [-0.1, -0.05) is 6.04 Å². The van der Waals surface area contributed by atoms with Gasteiger partial charge in [-0.3, -0.25) is 4.79 Å². The predicted octanol–water partition coefficient (Wildman–Crippen LogP) is 1.93. The van der Waals surface area contributed by atoms with Gasteiger partial charge in [0.15, 0.2) is 23.4 Å². The summed E-state index contributed by atoms with van der Waals surface area (Å²) in [6, 6.07) is -2.49. The van der Waals surface area contributed by atoms with E-state index in [4.69, 9.17) is 16.3 Å². The molecule has 1 unspecified atom stereocenters. The van der Waals surface area contributed by atoms with Gasteiger partial charge < -0.3 is 14.4 Å². The Morgan fingerprint density at radius 3 is 3.27 bits per heavy atom. The highest BCUT2D eigenvalue weighted by molar-refractivity contribution is 5.89. The van der Waals surface area contributed by atoms with Crippen molar-refractivity contribution >= 4 is 5.78 Å². The number of nitrogens with zero attached hydrogens (tertiary/aromatic N) is 1. The number of carbonyl (C=O) groups is 1. The van der Waals surface area contributed by atoms with E-state index in [9.17, 15) is 6.17 Å². The second-order valence-electron chi connectivity index (χ2n) is 6.46. The van der Waals surface area contributed by atoms with Gasteiger partial charge in [-0.2, -0.15) is 0 Å². The molecular formula is C18H21NO3. The molecule has 0 radical (unpaired) electrons. The fourth-order valence-corrected chi connectivity index (χ4v) is 4.63. The van der Waals surface area contributed by atoms with Gasteiger partial charge in [0.05, 0.1) is 11.2 Å². The predicted molar refractivity (Wildman–Crippen MR) is 81.6 cm³/mol. The lowest BCUT2D eigenvalue weighted by Gasteiger charge is -2.57. The Hall–Kier alpha value is -1.55. The van der Waals surface area contributed by atoms with Gasteiger partial charge in [-0.05, 0) is 50.3 Å². The van der Waals surface area contributed by atoms with Crippen molar-refractivity contribution in [1.29, 1.82) is 0 Å². The highest BCUT2D eigenvalue weighted by Crippen LogP contribution is 2.62. The first kappa shape index (κ1) is 8.34. The van der Waals surface area contributed by atoms with Crippen LogP contribution < -0.4 is 9.47 Å². The molecule has 2 fully saturated rings. The summed E-state index contributed by atoms with van der Waals surface area (Å²) >= 11 is 0. The third kappa shape index (κ3) is 1.27. The number of likely N-dealkylation sites (N-methyl/N-ethyl adjacent to an activating group) is 1. The molecule has 1 spiro atoms. The number of Topliss-reactive ketones (excluding diaryl/α,β-unsaturated/α-hetero) is 1. The van der Waals surface area contributed by atoms with E-state index in [1.807, 2.05) is 0 Å². The Labute approximate surface area is 138 Å². The number of rotatable bonds is 1. The van der Waals surface area contributed by atoms with Crippen molar-refractivity contribution in [2.45, 2.75) is 43.1 Å². The molecule has 2 aliphatic heterocycles. The summed E-state index contributed by atoms with van der Waals surface area (Å²) in [7, 11) is 3.01. The summed E-state index contributed by atoms with van der Waals surface area (Å²) in [5, 5.41) is 0. The minimum Gasteiger partial charge on any atom is -0.493 e. The first-order valence-electron chi connectivity index (χ1n) is 10.7. The Balaban J connectivity index is 2.01. The Morgan fingerprint density at radius 2 is 2.45 bits per heavy atom. The van der Waals surface area contributed by atoms with Crippen LogP contribution in [0.25, 0.3) is 0 Å². The van der Waals surface area contributed by atoms with Crippen molar-refractivity contribution in [2.75, 3.05) is 20.7 Å². The molecule has 4 nitrogen and oxygen atoms in total. The van der Waals surface area contributed by atoms with Crippen LogP contribution >= 0.6 is 0 Å². The molecule has 4 atom stereocenters. The molecule has 5 rings (SSSR count). The lowest BCUT2D eigenvalue weighted by atomic mass is 9.52. The van der Waals surface area contributed by atoms with E-state index in [1.54, 1.807) is 11.9 Å². The van der Waals surface area contributed by atoms with Crippen LogP contribution in [0, 0.1) is 5.92 Å². The third-order valence-electron chi connectivity index (χ3n) is 5.59. The molecular weight excluding hydrogens is 278 g/mol. The van der Waals surface area contributed by atoms with Crippen LogP contribution in [0.3, 0.4) is 0 Å². The maximum atomic E-state index is 12.9. The molecule has 116 valence electrons. The van der Waals surface area contributed by atoms with Gasteiger partial charge in [-0.15, -0.1) is 0 Å². The molecule has 4 aliphatic rings. The normalized spacial score (nSPS) is 51.4. The van der Waals surface area contributed by atoms with Gasteiger partial charge in [0.2, 0.25) is 0 Å². The molecule has 2 heterocycles. The van der Waals surface area contributed by atoms with E-state index in [0.29, 0.717) is 18.5 Å². The van der Waals surface area contributed by atoms with Gasteiger partial charge in [0.1, 0.15) is 0 Å². The van der Waals surface area contributed by atoms with Gasteiger partial charge >= 0.3 is 0 Å². The lowest BCUT2D eigenvalue weighted by Crippen LogP contribution is -2.65. The van der Waals surface area contributed by atoms with Crippen molar-refractivity contribution in [3.8, 4) is 11.5 Å². The molecule has 2 bridgehead atoms. The summed E-state index contributed by atoms with van der Waals surface area (Å²) in [5.74, 6) is -1.07. The van der Waals surface area contributed by atoms with E-state index >= 15 is 0 Å². The average Bonchev–Trinajstić information content (AvgIpc) is 2.89. The number of hydrogen-bond donors (Lipinski definition) is 0. The minimum atomic E-state index is -2.28. The average molecular weight is 305 g/mol. The molecule has 0 amide bonds. The van der Waals surface area contributed by atoms with Crippen molar-refractivity contribution < 1.29 is 22.5 Å². The number of benzene rings is 1. The monoisotopic (exact) mass is 305 g/mol. The van der Waals surface area contributed by atoms with Crippen LogP contribution in [-0.2, 0) is 16.6 Å². The number of piperidine rings is 1. The number of carbonyl (C=O) groups excluding carboxylic acids is 1. The zero-order valence-electron chi connectivity index (χ0n) is 18.6. The smallest absolute Gasteiger partial charge is 0.174 e. The topological polar surface area (TPSA) is 38.8 Å². The van der Waals surface area contributed by atoms with E-state index in [-0.39, 0.29) is 42.0 Å². The van der Waals surface area contributed by atoms with E-state index in [0.717, 1.165) is 0 Å². The first-order chi connectivity index (χ1) is 13.0. The van der Waals surface area contributed by atoms with Crippen molar-refractivity contribution in [3.63, 3.8) is 0 Å². The Kier molecular flexibility index (Phi) is 1.53. The number of hydrogen-bond acceptors (Lipinski definition) is 4. The van der Waals surface area contributed by atoms with E-state index in [1.165, 1.54) is 7.11 Å². The third-order valence-corrected chi connectivity index (χ3v) is 5.59. The second kappa shape index (κ2) is 4.05. The highest BCUT2D eigenvalue weighted by atomic mass is 16.5. The summed E-state index contributed by atoms with van der Waals surface area (Å²) in [6.45, 7) is 0.327. The molecule has 1 aromatic carbocycles. The van der Waals surface area contributed by atoms with Crippen molar-refractivity contribution in [2.24, 2.45) is 5.92 Å². The quantitative estimate of drug-likeness (QED) is 0.795. The van der Waals surface area contributed by atoms with Crippen LogP contribution in [-0.4, -0.2) is 43.5 Å². The number of methoxy groups -OCH3 is 1. The molecule has 1 saturated heterocycles. The molecule has 0 N–H and O–H groups in total. The second-order valence-corrected chi connectivity index (χ2v) is 6.46. The molecule has 1 saturated carbocycles. The molecule has 0 aromatic heterocycles. The van der Waals surface area contributed by atoms with Crippen LogP contribution in [0.4, 0.5) is 0 Å². The van der Waals surface area contributed by atoms with Crippen LogP contribution in [0.15, 0.2) is 12.1 Å². The zero-order valence-corrected chi connectivity index (χ0v) is 12.6. The Bertz CT molecular complexity index is 954. The van der Waals surface area contributed by atoms with E-state index < -0.39 is 35.6 Å². The van der Waals surface area contributed by atoms with E-state index in [2.05, 4.69) is 0 Å². The molecule has 2 aliphatic carbocycles. The molecule has 22 heavy (non-hydrogen) atoms. The fourth-order valence-electron chi connectivity index (χ4n) is 4.63. The van der Waals surface area contributed by atoms with Crippen LogP contribution in [0.1, 0.15) is 38.6 Å². The molecule has 1 aromatic rings. The first-order valence-corrected chi connectivity index (χ1v) is 7.65. The Morgan fingerprint density at radius 1 is 1.59 bits per heavy atom. The summed E-state index contributed by atoms with van der Waals surface area (Å²) < 4.78 is 64.3. The van der Waals surface area contributed by atoms with Crippen molar-refractivity contribution in [3.05, 3.63) is 23.2 Å². The summed E-state index contributed by atoms with van der Waals surface area (Å²) in [4.78, 5) is 14.6. The zero-order chi connectivity index (χ0) is 20.4. The number of likely N-dealkylation sites (tertiary alicyclic amines) is 1. The lowest BCUT2D eigenvalue weighted by molar-refractivity contribution is -0.138. The maximum absolute atomic E-state index is 12.9. The van der Waals surface area contributed by atoms with Gasteiger partial charge in [-0.25, -0.2) is 0 Å². The standard InChI is InChI=1S/C18H21NO3/c1-19-8-7-18-11-4-5-13(20)17(18)22-16-14(21-2)6-3-10(15(16)18)9-12(11)19/h3,6,11-12,17H,4-5,7-9H2,1-2H3/t11-,12+,17?,18-/m0/s1/i3D,6D,9D2,12D,17D. The van der Waals surface area contributed by atoms with Crippen molar-refractivity contribution in [1.82, 2.24) is 4.90 Å². The highest BCUT2D eigenvalue weighted by Gasteiger charge is 2.65. The van der Waals surface area contributed by atoms with Crippen LogP contribution in [0.5, 0.6) is 11.5 Å². The number of ketones is 1. The summed E-state index contributed by atoms with van der Waals surface area (Å²) in [6.07, 6.45) is -3.61. The SMILES string of the molecule is [2H]c1c([2H])c2c3c(c1OC)OC1([2H])C(=O)CC[C@@H]4[C@@]31CCN(C)[C@]4([2H])C2([2H])[2H]. The van der Waals surface area contributed by atoms with Crippen LogP contribution in [0.2, 0.25) is 0 Å².